The summed E-state index contributed by atoms with van der Waals surface area (Å²) in [4.78, 5) is 24.4. The summed E-state index contributed by atoms with van der Waals surface area (Å²) >= 11 is 0. The number of nitrogens with zero attached hydrogens (tertiary/aromatic N) is 4. The molecular weight excluding hydrogens is 210 g/mol. The first-order chi connectivity index (χ1) is 7.58. The number of likely N-dealkylation sites (tertiary alicyclic amines) is 1. The van der Waals surface area contributed by atoms with Gasteiger partial charge in [-0.25, -0.2) is 0 Å². The van der Waals surface area contributed by atoms with Crippen LogP contribution in [0.5, 0.6) is 0 Å². The van der Waals surface area contributed by atoms with Crippen LogP contribution in [-0.4, -0.2) is 37.7 Å². The van der Waals surface area contributed by atoms with E-state index in [9.17, 15) is 9.59 Å². The van der Waals surface area contributed by atoms with Crippen LogP contribution in [0.2, 0.25) is 0 Å². The predicted octanol–water partition coefficient (Wildman–Crippen LogP) is -1.21. The van der Waals surface area contributed by atoms with Gasteiger partial charge in [0, 0.05) is 19.7 Å². The maximum absolute atomic E-state index is 11.7. The van der Waals surface area contributed by atoms with E-state index in [0.29, 0.717) is 18.5 Å². The number of imide groups is 1. The van der Waals surface area contributed by atoms with Crippen molar-refractivity contribution in [1.29, 1.82) is 0 Å². The molecule has 0 radical (unpaired) electrons. The first-order valence-electron chi connectivity index (χ1n) is 5.03. The number of carbonyl (C=O) groups excluding carboxylic acids is 2. The highest BCUT2D eigenvalue weighted by Crippen LogP contribution is 2.14. The zero-order valence-corrected chi connectivity index (χ0v) is 8.96. The summed E-state index contributed by atoms with van der Waals surface area (Å²) in [6.07, 6.45) is 2.41. The summed E-state index contributed by atoms with van der Waals surface area (Å²) in [6.45, 7) is 0.152. The lowest BCUT2D eigenvalue weighted by atomic mass is 10.1. The Labute approximate surface area is 92.2 Å². The van der Waals surface area contributed by atoms with E-state index in [-0.39, 0.29) is 18.4 Å². The Bertz CT molecular complexity index is 427. The normalized spacial score (nSPS) is 21.6. The molecule has 0 spiro atoms. The number of amides is 2. The maximum atomic E-state index is 11.7. The molecular formula is C9H13N5O2. The van der Waals surface area contributed by atoms with Gasteiger partial charge in [0.15, 0.2) is 0 Å². The van der Waals surface area contributed by atoms with E-state index in [0.717, 1.165) is 4.90 Å². The van der Waals surface area contributed by atoms with E-state index >= 15 is 0 Å². The van der Waals surface area contributed by atoms with Gasteiger partial charge < -0.3 is 5.73 Å². The number of hydrogen-bond donors (Lipinski definition) is 1. The minimum absolute atomic E-state index is 0.152. The molecule has 1 aromatic rings. The Morgan fingerprint density at radius 3 is 2.94 bits per heavy atom. The van der Waals surface area contributed by atoms with E-state index in [4.69, 9.17) is 5.73 Å². The molecule has 16 heavy (non-hydrogen) atoms. The van der Waals surface area contributed by atoms with Gasteiger partial charge in [0.2, 0.25) is 11.8 Å². The third-order valence-electron chi connectivity index (χ3n) is 2.52. The molecule has 1 saturated heterocycles. The molecule has 7 nitrogen and oxygen atoms in total. The molecule has 0 aromatic carbocycles. The van der Waals surface area contributed by atoms with Crippen molar-refractivity contribution in [2.75, 3.05) is 0 Å². The zero-order chi connectivity index (χ0) is 11.7. The molecule has 2 heterocycles. The summed E-state index contributed by atoms with van der Waals surface area (Å²) in [6, 6.07) is -0.575. The highest BCUT2D eigenvalue weighted by Gasteiger charge is 2.32. The number of aryl methyl sites for hydroxylation is 1. The van der Waals surface area contributed by atoms with Gasteiger partial charge in [-0.05, 0) is 6.42 Å². The second kappa shape index (κ2) is 4.01. The summed E-state index contributed by atoms with van der Waals surface area (Å²) in [5, 5.41) is 7.57. The van der Waals surface area contributed by atoms with Crippen molar-refractivity contribution >= 4 is 11.8 Å². The molecule has 1 unspecified atom stereocenters. The molecule has 1 fully saturated rings. The average molecular weight is 223 g/mol. The summed E-state index contributed by atoms with van der Waals surface area (Å²) in [5.41, 5.74) is 6.19. The van der Waals surface area contributed by atoms with Crippen LogP contribution in [0.4, 0.5) is 0 Å². The van der Waals surface area contributed by atoms with Crippen molar-refractivity contribution in [3.8, 4) is 0 Å². The number of piperidine rings is 1. The Morgan fingerprint density at radius 1 is 1.56 bits per heavy atom. The lowest BCUT2D eigenvalue weighted by Crippen LogP contribution is -2.50. The quantitative estimate of drug-likeness (QED) is 0.635. The van der Waals surface area contributed by atoms with Gasteiger partial charge >= 0.3 is 0 Å². The molecule has 0 saturated carbocycles. The van der Waals surface area contributed by atoms with E-state index < -0.39 is 6.04 Å². The Hall–Kier alpha value is -1.76. The molecule has 1 atom stereocenters. The molecule has 2 rings (SSSR count). The van der Waals surface area contributed by atoms with Crippen molar-refractivity contribution < 1.29 is 9.59 Å². The van der Waals surface area contributed by atoms with Gasteiger partial charge in [0.1, 0.15) is 5.69 Å². The van der Waals surface area contributed by atoms with Gasteiger partial charge in [-0.3, -0.25) is 19.2 Å². The van der Waals surface area contributed by atoms with Crippen molar-refractivity contribution in [3.63, 3.8) is 0 Å². The number of nitrogens with two attached hydrogens (primary N) is 1. The monoisotopic (exact) mass is 223 g/mol. The SMILES string of the molecule is Cn1cc(CN2C(=O)CCC(N)C2=O)nn1. The van der Waals surface area contributed by atoms with Crippen LogP contribution in [0.25, 0.3) is 0 Å². The standard InChI is InChI=1S/C9H13N5O2/c1-13-4-6(11-12-13)5-14-8(15)3-2-7(10)9(14)16/h4,7H,2-3,5,10H2,1H3. The molecule has 0 aliphatic carbocycles. The second-order valence-electron chi connectivity index (χ2n) is 3.85. The smallest absolute Gasteiger partial charge is 0.246 e. The topological polar surface area (TPSA) is 94.1 Å². The van der Waals surface area contributed by atoms with Gasteiger partial charge in [0.25, 0.3) is 0 Å². The van der Waals surface area contributed by atoms with Gasteiger partial charge in [0.05, 0.1) is 12.6 Å². The lowest BCUT2D eigenvalue weighted by molar-refractivity contribution is -0.149. The van der Waals surface area contributed by atoms with E-state index in [1.807, 2.05) is 0 Å². The van der Waals surface area contributed by atoms with Crippen LogP contribution >= 0.6 is 0 Å². The van der Waals surface area contributed by atoms with Gasteiger partial charge in [-0.15, -0.1) is 5.10 Å². The molecule has 2 amide bonds. The number of carbonyl (C=O) groups is 2. The molecule has 1 aromatic heterocycles. The zero-order valence-electron chi connectivity index (χ0n) is 8.96. The van der Waals surface area contributed by atoms with Crippen LogP contribution < -0.4 is 5.73 Å². The fourth-order valence-corrected chi connectivity index (χ4v) is 1.66. The number of aromatic nitrogens is 3. The van der Waals surface area contributed by atoms with Crippen LogP contribution in [0, 0.1) is 0 Å². The van der Waals surface area contributed by atoms with Crippen LogP contribution in [0.1, 0.15) is 18.5 Å². The minimum Gasteiger partial charge on any atom is -0.320 e. The lowest BCUT2D eigenvalue weighted by Gasteiger charge is -2.27. The fraction of sp³-hybridized carbons (Fsp3) is 0.556. The molecule has 7 heteroatoms. The van der Waals surface area contributed by atoms with Crippen molar-refractivity contribution in [2.45, 2.75) is 25.4 Å². The Kier molecular flexibility index (Phi) is 2.69. The van der Waals surface area contributed by atoms with E-state index in [1.165, 1.54) is 4.68 Å². The summed E-state index contributed by atoms with van der Waals surface area (Å²) < 4.78 is 1.52. The third-order valence-corrected chi connectivity index (χ3v) is 2.52. The second-order valence-corrected chi connectivity index (χ2v) is 3.85. The van der Waals surface area contributed by atoms with Crippen molar-refractivity contribution in [3.05, 3.63) is 11.9 Å². The highest BCUT2D eigenvalue weighted by molar-refractivity contribution is 6.00. The van der Waals surface area contributed by atoms with Crippen LogP contribution in [0.3, 0.4) is 0 Å². The van der Waals surface area contributed by atoms with Crippen molar-refractivity contribution in [2.24, 2.45) is 12.8 Å². The number of rotatable bonds is 2. The minimum atomic E-state index is -0.575. The van der Waals surface area contributed by atoms with Gasteiger partial charge in [-0.2, -0.15) is 0 Å². The molecule has 1 aliphatic heterocycles. The molecule has 1 aliphatic rings. The largest absolute Gasteiger partial charge is 0.320 e. The van der Waals surface area contributed by atoms with Crippen LogP contribution in [-0.2, 0) is 23.2 Å². The third kappa shape index (κ3) is 1.94. The Morgan fingerprint density at radius 2 is 2.31 bits per heavy atom. The summed E-state index contributed by atoms with van der Waals surface area (Å²) in [5.74, 6) is -0.528. The maximum Gasteiger partial charge on any atom is 0.246 e. The van der Waals surface area contributed by atoms with E-state index in [1.54, 1.807) is 13.2 Å². The molecule has 2 N–H and O–H groups in total. The Balaban J connectivity index is 2.13. The fourth-order valence-electron chi connectivity index (χ4n) is 1.66. The first kappa shape index (κ1) is 10.7. The first-order valence-corrected chi connectivity index (χ1v) is 5.03. The average Bonchev–Trinajstić information content (AvgIpc) is 2.65. The number of hydrogen-bond acceptors (Lipinski definition) is 5. The highest BCUT2D eigenvalue weighted by atomic mass is 16.2. The van der Waals surface area contributed by atoms with Crippen LogP contribution in [0.15, 0.2) is 6.20 Å². The molecule has 86 valence electrons. The van der Waals surface area contributed by atoms with Gasteiger partial charge in [-0.1, -0.05) is 5.21 Å². The van der Waals surface area contributed by atoms with Crippen molar-refractivity contribution in [1.82, 2.24) is 19.9 Å². The predicted molar refractivity (Wildman–Crippen MR) is 53.8 cm³/mol. The summed E-state index contributed by atoms with van der Waals surface area (Å²) in [7, 11) is 1.72. The molecule has 0 bridgehead atoms. The van der Waals surface area contributed by atoms with E-state index in [2.05, 4.69) is 10.3 Å².